The Morgan fingerprint density at radius 2 is 1.74 bits per heavy atom. The second kappa shape index (κ2) is 8.83. The first-order valence-corrected chi connectivity index (χ1v) is 10.1. The molecule has 0 unspecified atom stereocenters. The van der Waals surface area contributed by atoms with Gasteiger partial charge in [-0.25, -0.2) is 9.97 Å². The van der Waals surface area contributed by atoms with Gasteiger partial charge in [0.05, 0.1) is 17.8 Å². The number of nitrogens with one attached hydrogen (secondary N) is 1. The molecule has 2 heterocycles. The number of aromatic nitrogens is 2. The molecule has 4 aromatic rings. The van der Waals surface area contributed by atoms with Gasteiger partial charge in [-0.3, -0.25) is 4.79 Å². The molecule has 0 fully saturated rings. The van der Waals surface area contributed by atoms with Crippen LogP contribution in [0, 0.1) is 13.8 Å². The van der Waals surface area contributed by atoms with Gasteiger partial charge in [0.1, 0.15) is 12.4 Å². The van der Waals surface area contributed by atoms with Gasteiger partial charge in [-0.15, -0.1) is 0 Å². The maximum absolute atomic E-state index is 11.1. The van der Waals surface area contributed by atoms with Crippen LogP contribution in [0.4, 0.5) is 11.4 Å². The number of hydrogen-bond acceptors (Lipinski definition) is 5. The number of ether oxygens (including phenoxy) is 1. The molecule has 0 atom stereocenters. The Morgan fingerprint density at radius 1 is 0.968 bits per heavy atom. The molecule has 156 valence electrons. The van der Waals surface area contributed by atoms with Gasteiger partial charge in [-0.05, 0) is 60.9 Å². The van der Waals surface area contributed by atoms with Gasteiger partial charge in [0, 0.05) is 17.3 Å². The predicted octanol–water partition coefficient (Wildman–Crippen LogP) is 4.60. The van der Waals surface area contributed by atoms with E-state index < -0.39 is 0 Å². The van der Waals surface area contributed by atoms with Crippen molar-refractivity contribution in [1.82, 2.24) is 9.97 Å². The molecule has 4 rings (SSSR count). The lowest BCUT2D eigenvalue weighted by Crippen LogP contribution is -2.13. The number of aryl methyl sites for hydroxylation is 2. The number of rotatable bonds is 7. The lowest BCUT2D eigenvalue weighted by Gasteiger charge is -2.15. The third-order valence-corrected chi connectivity index (χ3v) is 4.94. The minimum atomic E-state index is -0.339. The summed E-state index contributed by atoms with van der Waals surface area (Å²) in [6, 6.07) is 19.7. The average molecular weight is 412 g/mol. The summed E-state index contributed by atoms with van der Waals surface area (Å²) in [5, 5.41) is 4.44. The fourth-order valence-electron chi connectivity index (χ4n) is 3.36. The van der Waals surface area contributed by atoms with Crippen LogP contribution in [0.3, 0.4) is 0 Å². The number of carbonyl (C=O) groups excluding carboxylic acids is 1. The first-order valence-electron chi connectivity index (χ1n) is 10.1. The Hall–Kier alpha value is -3.93. The maximum atomic E-state index is 11.1. The highest BCUT2D eigenvalue weighted by Gasteiger charge is 2.09. The van der Waals surface area contributed by atoms with Crippen LogP contribution in [0.2, 0.25) is 0 Å². The second-order valence-corrected chi connectivity index (χ2v) is 7.56. The lowest BCUT2D eigenvalue weighted by atomic mass is 10.1. The van der Waals surface area contributed by atoms with Crippen LogP contribution in [0.5, 0.6) is 5.75 Å². The Kier molecular flexibility index (Phi) is 5.80. The summed E-state index contributed by atoms with van der Waals surface area (Å²) in [6.45, 7) is 4.41. The van der Waals surface area contributed by atoms with Gasteiger partial charge >= 0.3 is 0 Å². The number of amides is 1. The number of fused-ring (bicyclic) bond motifs is 1. The van der Waals surface area contributed by atoms with Crippen LogP contribution in [0.25, 0.3) is 11.0 Å². The van der Waals surface area contributed by atoms with Crippen LogP contribution < -0.4 is 15.8 Å². The first-order chi connectivity index (χ1) is 15.0. The van der Waals surface area contributed by atoms with Crippen molar-refractivity contribution in [2.45, 2.75) is 26.9 Å². The van der Waals surface area contributed by atoms with E-state index in [1.54, 1.807) is 6.20 Å². The molecular formula is C25H24N4O2. The molecular weight excluding hydrogens is 388 g/mol. The fourth-order valence-corrected chi connectivity index (χ4v) is 3.36. The third kappa shape index (κ3) is 4.98. The molecule has 0 aliphatic rings. The van der Waals surface area contributed by atoms with E-state index in [0.717, 1.165) is 44.9 Å². The summed E-state index contributed by atoms with van der Waals surface area (Å²) in [7, 11) is 0. The highest BCUT2D eigenvalue weighted by molar-refractivity contribution is 5.91. The summed E-state index contributed by atoms with van der Waals surface area (Å²) in [5.74, 6) is 0.408. The smallest absolute Gasteiger partial charge is 0.221 e. The summed E-state index contributed by atoms with van der Waals surface area (Å²) in [4.78, 5) is 19.9. The zero-order valence-corrected chi connectivity index (χ0v) is 17.6. The molecule has 31 heavy (non-hydrogen) atoms. The van der Waals surface area contributed by atoms with Crippen LogP contribution in [-0.2, 0) is 17.8 Å². The Labute approximate surface area is 181 Å². The minimum Gasteiger partial charge on any atom is -0.487 e. The number of nitrogens with two attached hydrogens (primary N) is 1. The SMILES string of the molecule is Cc1ccc(OCc2ccc(CC(N)=O)cc2)c(Nc2ccnc3nc(C)ccc23)c1. The van der Waals surface area contributed by atoms with Gasteiger partial charge in [-0.2, -0.15) is 0 Å². The van der Waals surface area contributed by atoms with E-state index in [1.807, 2.05) is 68.4 Å². The number of carbonyl (C=O) groups is 1. The summed E-state index contributed by atoms with van der Waals surface area (Å²) < 4.78 is 6.12. The van der Waals surface area contributed by atoms with Gasteiger partial charge in [0.2, 0.25) is 5.91 Å². The minimum absolute atomic E-state index is 0.238. The first kappa shape index (κ1) is 20.3. The Morgan fingerprint density at radius 3 is 2.52 bits per heavy atom. The highest BCUT2D eigenvalue weighted by atomic mass is 16.5. The van der Waals surface area contributed by atoms with E-state index in [4.69, 9.17) is 10.5 Å². The van der Waals surface area contributed by atoms with Gasteiger partial charge in [0.15, 0.2) is 5.65 Å². The number of nitrogens with zero attached hydrogens (tertiary/aromatic N) is 2. The van der Waals surface area contributed by atoms with E-state index in [1.165, 1.54) is 0 Å². The van der Waals surface area contributed by atoms with E-state index in [2.05, 4.69) is 21.4 Å². The van der Waals surface area contributed by atoms with Crippen molar-refractivity contribution in [2.75, 3.05) is 5.32 Å². The molecule has 3 N–H and O–H groups in total. The zero-order chi connectivity index (χ0) is 21.8. The standard InChI is InChI=1S/C25H24N4O2/c1-16-3-10-23(31-15-19-7-5-18(6-8-19)14-24(26)30)22(13-16)29-21-11-12-27-25-20(21)9-4-17(2)28-25/h3-13H,14-15H2,1-2H3,(H2,26,30)(H,27,28,29). The number of hydrogen-bond donors (Lipinski definition) is 2. The molecule has 6 nitrogen and oxygen atoms in total. The molecule has 0 aliphatic heterocycles. The van der Waals surface area contributed by atoms with E-state index in [-0.39, 0.29) is 12.3 Å². The molecule has 0 spiro atoms. The molecule has 0 bridgehead atoms. The van der Waals surface area contributed by atoms with Crippen molar-refractivity contribution in [3.63, 3.8) is 0 Å². The highest BCUT2D eigenvalue weighted by Crippen LogP contribution is 2.32. The molecule has 1 amide bonds. The Bertz CT molecular complexity index is 1240. The number of pyridine rings is 2. The largest absolute Gasteiger partial charge is 0.487 e. The molecule has 2 aromatic carbocycles. The van der Waals surface area contributed by atoms with Gasteiger partial charge in [0.25, 0.3) is 0 Å². The number of benzene rings is 2. The second-order valence-electron chi connectivity index (χ2n) is 7.56. The van der Waals surface area contributed by atoms with Crippen molar-refractivity contribution in [3.05, 3.63) is 89.2 Å². The molecule has 2 aromatic heterocycles. The van der Waals surface area contributed by atoms with Crippen molar-refractivity contribution in [3.8, 4) is 5.75 Å². The van der Waals surface area contributed by atoms with Gasteiger partial charge in [-0.1, -0.05) is 30.3 Å². The average Bonchev–Trinajstić information content (AvgIpc) is 2.74. The topological polar surface area (TPSA) is 90.1 Å². The van der Waals surface area contributed by atoms with Crippen molar-refractivity contribution < 1.29 is 9.53 Å². The quantitative estimate of drug-likeness (QED) is 0.463. The zero-order valence-electron chi connectivity index (χ0n) is 17.6. The van der Waals surface area contributed by atoms with Crippen molar-refractivity contribution in [2.24, 2.45) is 5.73 Å². The summed E-state index contributed by atoms with van der Waals surface area (Å²) in [6.07, 6.45) is 1.99. The van der Waals surface area contributed by atoms with E-state index in [0.29, 0.717) is 12.3 Å². The molecule has 0 radical (unpaired) electrons. The fraction of sp³-hybridized carbons (Fsp3) is 0.160. The Balaban J connectivity index is 1.55. The molecule has 0 aliphatic carbocycles. The monoisotopic (exact) mass is 412 g/mol. The van der Waals surface area contributed by atoms with E-state index in [9.17, 15) is 4.79 Å². The lowest BCUT2D eigenvalue weighted by molar-refractivity contribution is -0.117. The molecule has 0 saturated carbocycles. The normalized spacial score (nSPS) is 10.8. The van der Waals surface area contributed by atoms with Crippen molar-refractivity contribution in [1.29, 1.82) is 0 Å². The van der Waals surface area contributed by atoms with Crippen LogP contribution >= 0.6 is 0 Å². The van der Waals surface area contributed by atoms with E-state index >= 15 is 0 Å². The summed E-state index contributed by atoms with van der Waals surface area (Å²) >= 11 is 0. The summed E-state index contributed by atoms with van der Waals surface area (Å²) in [5.41, 5.74) is 11.7. The van der Waals surface area contributed by atoms with Crippen LogP contribution in [-0.4, -0.2) is 15.9 Å². The van der Waals surface area contributed by atoms with Crippen LogP contribution in [0.1, 0.15) is 22.4 Å². The number of anilines is 2. The molecule has 0 saturated heterocycles. The maximum Gasteiger partial charge on any atom is 0.221 e. The van der Waals surface area contributed by atoms with Gasteiger partial charge < -0.3 is 15.8 Å². The van der Waals surface area contributed by atoms with Crippen LogP contribution in [0.15, 0.2) is 66.9 Å². The van der Waals surface area contributed by atoms with Crippen molar-refractivity contribution >= 4 is 28.3 Å². The predicted molar refractivity (Wildman–Crippen MR) is 122 cm³/mol. The number of primary amides is 1. The third-order valence-electron chi connectivity index (χ3n) is 4.94. The molecule has 6 heteroatoms.